The molecule has 0 saturated heterocycles. The average molecular weight is 339 g/mol. The van der Waals surface area contributed by atoms with Gasteiger partial charge in [-0.25, -0.2) is 4.98 Å². The van der Waals surface area contributed by atoms with Crippen molar-refractivity contribution < 1.29 is 4.79 Å². The van der Waals surface area contributed by atoms with Crippen LogP contribution in [-0.2, 0) is 4.79 Å². The number of hydrogen-bond donors (Lipinski definition) is 0. The van der Waals surface area contributed by atoms with Gasteiger partial charge in [0.15, 0.2) is 0 Å². The van der Waals surface area contributed by atoms with E-state index < -0.39 is 0 Å². The van der Waals surface area contributed by atoms with Crippen LogP contribution in [0.5, 0.6) is 0 Å². The molecule has 1 heterocycles. The second-order valence-electron chi connectivity index (χ2n) is 5.55. The number of amides is 1. The Morgan fingerprint density at radius 3 is 2.58 bits per heavy atom. The van der Waals surface area contributed by atoms with E-state index in [9.17, 15) is 10.1 Å². The van der Waals surface area contributed by atoms with E-state index in [2.05, 4.69) is 11.1 Å². The predicted molar refractivity (Wildman–Crippen MR) is 98.2 cm³/mol. The zero-order chi connectivity index (χ0) is 17.7. The summed E-state index contributed by atoms with van der Waals surface area (Å²) >= 11 is 1.34. The van der Waals surface area contributed by atoms with Crippen LogP contribution < -0.4 is 4.90 Å². The van der Waals surface area contributed by atoms with E-state index in [-0.39, 0.29) is 11.2 Å². The van der Waals surface area contributed by atoms with Crippen LogP contribution in [-0.4, -0.2) is 22.7 Å². The topological polar surface area (TPSA) is 57.0 Å². The molecule has 2 aromatic rings. The molecule has 1 atom stereocenters. The van der Waals surface area contributed by atoms with Crippen molar-refractivity contribution in [3.63, 3.8) is 0 Å². The number of benzene rings is 1. The first kappa shape index (κ1) is 18.0. The van der Waals surface area contributed by atoms with Crippen molar-refractivity contribution >= 4 is 23.4 Å². The third kappa shape index (κ3) is 3.95. The fourth-order valence-corrected chi connectivity index (χ4v) is 3.62. The molecule has 0 radical (unpaired) electrons. The molecule has 0 bridgehead atoms. The van der Waals surface area contributed by atoms with Crippen molar-refractivity contribution in [2.75, 3.05) is 11.4 Å². The lowest BCUT2D eigenvalue weighted by molar-refractivity contribution is -0.117. The van der Waals surface area contributed by atoms with Gasteiger partial charge in [0.2, 0.25) is 5.91 Å². The molecule has 4 nitrogen and oxygen atoms in total. The second kappa shape index (κ2) is 7.98. The molecular formula is C19H21N3OS. The summed E-state index contributed by atoms with van der Waals surface area (Å²) in [6, 6.07) is 13.7. The van der Waals surface area contributed by atoms with Gasteiger partial charge in [0, 0.05) is 17.9 Å². The minimum atomic E-state index is -0.328. The van der Waals surface area contributed by atoms with Crippen LogP contribution in [0, 0.1) is 25.2 Å². The number of rotatable bonds is 5. The van der Waals surface area contributed by atoms with E-state index in [1.165, 1.54) is 11.8 Å². The second-order valence-corrected chi connectivity index (χ2v) is 6.88. The first-order valence-electron chi connectivity index (χ1n) is 7.89. The summed E-state index contributed by atoms with van der Waals surface area (Å²) in [6.45, 7) is 8.20. The zero-order valence-corrected chi connectivity index (χ0v) is 15.2. The third-order valence-corrected chi connectivity index (χ3v) is 4.78. The summed E-state index contributed by atoms with van der Waals surface area (Å²) in [5.41, 5.74) is 3.17. The molecule has 2 rings (SSSR count). The molecule has 0 saturated carbocycles. The maximum atomic E-state index is 12.8. The molecule has 1 unspecified atom stereocenters. The van der Waals surface area contributed by atoms with Gasteiger partial charge in [-0.2, -0.15) is 5.26 Å². The van der Waals surface area contributed by atoms with Gasteiger partial charge in [0.05, 0.1) is 10.8 Å². The molecule has 1 amide bonds. The van der Waals surface area contributed by atoms with Crippen molar-refractivity contribution in [2.45, 2.75) is 38.0 Å². The van der Waals surface area contributed by atoms with Crippen LogP contribution in [0.1, 0.15) is 30.7 Å². The number of hydrogen-bond acceptors (Lipinski definition) is 4. The molecule has 0 aliphatic carbocycles. The smallest absolute Gasteiger partial charge is 0.240 e. The van der Waals surface area contributed by atoms with Crippen LogP contribution >= 0.6 is 11.8 Å². The van der Waals surface area contributed by atoms with Crippen LogP contribution in [0.4, 0.5) is 5.69 Å². The maximum absolute atomic E-state index is 12.8. The van der Waals surface area contributed by atoms with Gasteiger partial charge in [-0.3, -0.25) is 4.79 Å². The van der Waals surface area contributed by atoms with Crippen molar-refractivity contribution in [3.05, 3.63) is 53.2 Å². The van der Waals surface area contributed by atoms with Gasteiger partial charge < -0.3 is 4.90 Å². The van der Waals surface area contributed by atoms with Gasteiger partial charge in [0.1, 0.15) is 11.1 Å². The average Bonchev–Trinajstić information content (AvgIpc) is 2.56. The number of pyridine rings is 1. The normalized spacial score (nSPS) is 11.6. The van der Waals surface area contributed by atoms with Gasteiger partial charge in [-0.1, -0.05) is 30.0 Å². The Bertz CT molecular complexity index is 768. The van der Waals surface area contributed by atoms with Gasteiger partial charge in [-0.15, -0.1) is 0 Å². The maximum Gasteiger partial charge on any atom is 0.240 e. The van der Waals surface area contributed by atoms with Gasteiger partial charge in [0.25, 0.3) is 0 Å². The van der Waals surface area contributed by atoms with Crippen LogP contribution in [0.15, 0.2) is 41.4 Å². The Hall–Kier alpha value is -2.32. The molecular weight excluding hydrogens is 318 g/mol. The van der Waals surface area contributed by atoms with E-state index in [1.807, 2.05) is 64.1 Å². The molecule has 0 aliphatic rings. The summed E-state index contributed by atoms with van der Waals surface area (Å²) in [7, 11) is 0. The highest BCUT2D eigenvalue weighted by molar-refractivity contribution is 8.00. The standard InChI is InChI=1S/C19H21N3OS/c1-5-22(16-9-7-6-8-10-16)19(23)15(4)24-18-17(12-20)13(2)11-14(3)21-18/h6-11,15H,5H2,1-4H3. The molecule has 24 heavy (non-hydrogen) atoms. The highest BCUT2D eigenvalue weighted by atomic mass is 32.2. The van der Waals surface area contributed by atoms with Crippen LogP contribution in [0.25, 0.3) is 0 Å². The lowest BCUT2D eigenvalue weighted by atomic mass is 10.1. The number of para-hydroxylation sites is 1. The monoisotopic (exact) mass is 339 g/mol. The number of carbonyl (C=O) groups excluding carboxylic acids is 1. The quantitative estimate of drug-likeness (QED) is 0.770. The van der Waals surface area contributed by atoms with Crippen molar-refractivity contribution in [2.24, 2.45) is 0 Å². The Morgan fingerprint density at radius 1 is 1.33 bits per heavy atom. The van der Waals surface area contributed by atoms with E-state index >= 15 is 0 Å². The number of anilines is 1. The number of aromatic nitrogens is 1. The summed E-state index contributed by atoms with van der Waals surface area (Å²) in [5.74, 6) is 0.0125. The Labute approximate surface area is 147 Å². The van der Waals surface area contributed by atoms with Gasteiger partial charge >= 0.3 is 0 Å². The first-order valence-corrected chi connectivity index (χ1v) is 8.77. The van der Waals surface area contributed by atoms with E-state index in [4.69, 9.17) is 0 Å². The number of aryl methyl sites for hydroxylation is 2. The lowest BCUT2D eigenvalue weighted by Gasteiger charge is -2.24. The molecule has 0 spiro atoms. The SMILES string of the molecule is CCN(C(=O)C(C)Sc1nc(C)cc(C)c1C#N)c1ccccc1. The number of carbonyl (C=O) groups is 1. The van der Waals surface area contributed by atoms with Gasteiger partial charge in [-0.05, 0) is 51.5 Å². The minimum Gasteiger partial charge on any atom is -0.312 e. The first-order chi connectivity index (χ1) is 11.5. The fraction of sp³-hybridized carbons (Fsp3) is 0.316. The third-order valence-electron chi connectivity index (χ3n) is 3.71. The Kier molecular flexibility index (Phi) is 5.99. The molecule has 1 aromatic carbocycles. The Morgan fingerprint density at radius 2 is 2.00 bits per heavy atom. The van der Waals surface area contributed by atoms with E-state index in [0.717, 1.165) is 16.9 Å². The summed E-state index contributed by atoms with van der Waals surface area (Å²) in [6.07, 6.45) is 0. The minimum absolute atomic E-state index is 0.0125. The fourth-order valence-electron chi connectivity index (χ4n) is 2.53. The molecule has 124 valence electrons. The molecule has 1 aromatic heterocycles. The van der Waals surface area contributed by atoms with Crippen molar-refractivity contribution in [1.82, 2.24) is 4.98 Å². The highest BCUT2D eigenvalue weighted by Gasteiger charge is 2.23. The summed E-state index contributed by atoms with van der Waals surface area (Å²) < 4.78 is 0. The lowest BCUT2D eigenvalue weighted by Crippen LogP contribution is -2.36. The highest BCUT2D eigenvalue weighted by Crippen LogP contribution is 2.29. The van der Waals surface area contributed by atoms with Crippen LogP contribution in [0.2, 0.25) is 0 Å². The van der Waals surface area contributed by atoms with Crippen molar-refractivity contribution in [1.29, 1.82) is 5.26 Å². The summed E-state index contributed by atoms with van der Waals surface area (Å²) in [5, 5.41) is 9.67. The molecule has 0 aliphatic heterocycles. The molecule has 0 fully saturated rings. The number of nitriles is 1. The molecule has 0 N–H and O–H groups in total. The van der Waals surface area contributed by atoms with Crippen LogP contribution in [0.3, 0.4) is 0 Å². The molecule has 5 heteroatoms. The largest absolute Gasteiger partial charge is 0.312 e. The van der Waals surface area contributed by atoms with E-state index in [1.54, 1.807) is 4.90 Å². The predicted octanol–water partition coefficient (Wildman–Crippen LogP) is 4.10. The zero-order valence-electron chi connectivity index (χ0n) is 14.4. The number of nitrogens with zero attached hydrogens (tertiary/aromatic N) is 3. The summed E-state index contributed by atoms with van der Waals surface area (Å²) in [4.78, 5) is 19.1. The van der Waals surface area contributed by atoms with E-state index in [0.29, 0.717) is 17.1 Å². The number of thioether (sulfide) groups is 1. The van der Waals surface area contributed by atoms with Crippen molar-refractivity contribution in [3.8, 4) is 6.07 Å². The Balaban J connectivity index is 2.25.